The van der Waals surface area contributed by atoms with Gasteiger partial charge in [-0.15, -0.1) is 0 Å². The van der Waals surface area contributed by atoms with E-state index in [2.05, 4.69) is 13.8 Å². The first-order valence-corrected chi connectivity index (χ1v) is 7.62. The highest BCUT2D eigenvalue weighted by Crippen LogP contribution is 2.22. The average Bonchev–Trinajstić information content (AvgIpc) is 2.80. The molecule has 5 heteroatoms. The molecule has 2 atom stereocenters. The van der Waals surface area contributed by atoms with Crippen LogP contribution in [0.3, 0.4) is 0 Å². The molecule has 1 heterocycles. The maximum atomic E-state index is 12.5. The van der Waals surface area contributed by atoms with Crippen LogP contribution >= 0.6 is 0 Å². The Balaban J connectivity index is 2.64. The molecule has 1 rings (SSSR count). The highest BCUT2D eigenvalue weighted by atomic mass is 16.5. The largest absolute Gasteiger partial charge is 0.383 e. The summed E-state index contributed by atoms with van der Waals surface area (Å²) in [6.07, 6.45) is 2.25. The molecule has 1 fully saturated rings. The zero-order chi connectivity index (χ0) is 15.1. The predicted molar refractivity (Wildman–Crippen MR) is 78.3 cm³/mol. The Kier molecular flexibility index (Phi) is 6.99. The fraction of sp³-hybridized carbons (Fsp3) is 0.867. The quantitative estimate of drug-likeness (QED) is 0.679. The van der Waals surface area contributed by atoms with E-state index < -0.39 is 0 Å². The van der Waals surface area contributed by atoms with Gasteiger partial charge in [-0.25, -0.2) is 0 Å². The lowest BCUT2D eigenvalue weighted by molar-refractivity contribution is -0.136. The number of carbonyl (C=O) groups is 2. The standard InChI is InChI=1S/C15H28N2O3/c1-5-7-16(8-6-2)15(19)13-9-14(18)17(10-13)12(3)11-20-4/h12-13H,5-11H2,1-4H3/t12-,13-/m0/s1. The van der Waals surface area contributed by atoms with Crippen molar-refractivity contribution in [3.05, 3.63) is 0 Å². The van der Waals surface area contributed by atoms with Crippen molar-refractivity contribution in [2.45, 2.75) is 46.1 Å². The Labute approximate surface area is 122 Å². The molecular weight excluding hydrogens is 256 g/mol. The van der Waals surface area contributed by atoms with Crippen molar-refractivity contribution in [2.75, 3.05) is 33.4 Å². The molecule has 0 unspecified atom stereocenters. The fourth-order valence-corrected chi connectivity index (χ4v) is 2.78. The van der Waals surface area contributed by atoms with Crippen LogP contribution in [0, 0.1) is 5.92 Å². The van der Waals surface area contributed by atoms with Crippen LogP contribution in [0.1, 0.15) is 40.0 Å². The lowest BCUT2D eigenvalue weighted by Gasteiger charge is -2.26. The summed E-state index contributed by atoms with van der Waals surface area (Å²) >= 11 is 0. The molecule has 0 aromatic carbocycles. The third-order valence-electron chi connectivity index (χ3n) is 3.75. The zero-order valence-electron chi connectivity index (χ0n) is 13.2. The number of rotatable bonds is 8. The lowest BCUT2D eigenvalue weighted by atomic mass is 10.1. The van der Waals surface area contributed by atoms with Crippen LogP contribution in [0.2, 0.25) is 0 Å². The van der Waals surface area contributed by atoms with Crippen LogP contribution in [0.25, 0.3) is 0 Å². The predicted octanol–water partition coefficient (Wildman–Crippen LogP) is 1.52. The number of likely N-dealkylation sites (tertiary alicyclic amines) is 1. The van der Waals surface area contributed by atoms with Gasteiger partial charge >= 0.3 is 0 Å². The van der Waals surface area contributed by atoms with Crippen molar-refractivity contribution >= 4 is 11.8 Å². The molecule has 116 valence electrons. The van der Waals surface area contributed by atoms with Crippen LogP contribution < -0.4 is 0 Å². The number of amides is 2. The summed E-state index contributed by atoms with van der Waals surface area (Å²) in [6, 6.07) is 0.0381. The van der Waals surface area contributed by atoms with Crippen LogP contribution in [0.15, 0.2) is 0 Å². The highest BCUT2D eigenvalue weighted by molar-refractivity contribution is 5.89. The topological polar surface area (TPSA) is 49.9 Å². The van der Waals surface area contributed by atoms with Gasteiger partial charge < -0.3 is 14.5 Å². The minimum absolute atomic E-state index is 0.0381. The van der Waals surface area contributed by atoms with Crippen molar-refractivity contribution in [3.63, 3.8) is 0 Å². The molecule has 0 saturated carbocycles. The van der Waals surface area contributed by atoms with Crippen molar-refractivity contribution in [2.24, 2.45) is 5.92 Å². The molecule has 1 saturated heterocycles. The molecule has 0 spiro atoms. The Morgan fingerprint density at radius 1 is 1.40 bits per heavy atom. The van der Waals surface area contributed by atoms with Gasteiger partial charge in [0, 0.05) is 33.2 Å². The molecule has 0 aromatic heterocycles. The number of nitrogens with zero attached hydrogens (tertiary/aromatic N) is 2. The molecule has 1 aliphatic rings. The summed E-state index contributed by atoms with van der Waals surface area (Å²) in [4.78, 5) is 28.2. The van der Waals surface area contributed by atoms with E-state index >= 15 is 0 Å². The van der Waals surface area contributed by atoms with Gasteiger partial charge in [0.25, 0.3) is 0 Å². The third-order valence-corrected chi connectivity index (χ3v) is 3.75. The second-order valence-electron chi connectivity index (χ2n) is 5.58. The Morgan fingerprint density at radius 2 is 2.00 bits per heavy atom. The molecule has 0 bridgehead atoms. The van der Waals surface area contributed by atoms with Crippen molar-refractivity contribution in [1.82, 2.24) is 9.80 Å². The summed E-state index contributed by atoms with van der Waals surface area (Å²) in [5.74, 6) is 0.0231. The minimum Gasteiger partial charge on any atom is -0.383 e. The van der Waals surface area contributed by atoms with E-state index in [0.29, 0.717) is 19.6 Å². The van der Waals surface area contributed by atoms with Gasteiger partial charge in [-0.05, 0) is 19.8 Å². The van der Waals surface area contributed by atoms with E-state index in [9.17, 15) is 9.59 Å². The molecular formula is C15H28N2O3. The van der Waals surface area contributed by atoms with Crippen molar-refractivity contribution in [3.8, 4) is 0 Å². The maximum absolute atomic E-state index is 12.5. The molecule has 2 amide bonds. The monoisotopic (exact) mass is 284 g/mol. The molecule has 0 radical (unpaired) electrons. The molecule has 20 heavy (non-hydrogen) atoms. The second kappa shape index (κ2) is 8.25. The Bertz CT molecular complexity index is 327. The van der Waals surface area contributed by atoms with Crippen molar-refractivity contribution in [1.29, 1.82) is 0 Å². The summed E-state index contributed by atoms with van der Waals surface area (Å²) in [7, 11) is 1.63. The smallest absolute Gasteiger partial charge is 0.227 e. The van der Waals surface area contributed by atoms with Crippen LogP contribution in [-0.4, -0.2) is 61.0 Å². The summed E-state index contributed by atoms with van der Waals surface area (Å²) < 4.78 is 5.10. The Morgan fingerprint density at radius 3 is 2.50 bits per heavy atom. The van der Waals surface area contributed by atoms with Crippen LogP contribution in [0.4, 0.5) is 0 Å². The van der Waals surface area contributed by atoms with Gasteiger partial charge in [0.1, 0.15) is 0 Å². The first kappa shape index (κ1) is 17.0. The van der Waals surface area contributed by atoms with Gasteiger partial charge in [0.15, 0.2) is 0 Å². The van der Waals surface area contributed by atoms with Gasteiger partial charge in [-0.3, -0.25) is 9.59 Å². The van der Waals surface area contributed by atoms with Crippen molar-refractivity contribution < 1.29 is 14.3 Å². The lowest BCUT2D eigenvalue weighted by Crippen LogP contribution is -2.40. The number of carbonyl (C=O) groups excluding carboxylic acids is 2. The van der Waals surface area contributed by atoms with E-state index in [1.807, 2.05) is 11.8 Å². The molecule has 0 aliphatic carbocycles. The molecule has 0 N–H and O–H groups in total. The Hall–Kier alpha value is -1.10. The van der Waals surface area contributed by atoms with E-state index in [0.717, 1.165) is 25.9 Å². The molecule has 1 aliphatic heterocycles. The normalized spacial score (nSPS) is 20.3. The van der Waals surface area contributed by atoms with Crippen LogP contribution in [-0.2, 0) is 14.3 Å². The first-order valence-electron chi connectivity index (χ1n) is 7.62. The number of hydrogen-bond donors (Lipinski definition) is 0. The fourth-order valence-electron chi connectivity index (χ4n) is 2.78. The van der Waals surface area contributed by atoms with Gasteiger partial charge in [0.05, 0.1) is 18.6 Å². The van der Waals surface area contributed by atoms with Gasteiger partial charge in [-0.2, -0.15) is 0 Å². The highest BCUT2D eigenvalue weighted by Gasteiger charge is 2.38. The minimum atomic E-state index is -0.181. The third kappa shape index (κ3) is 4.20. The summed E-state index contributed by atoms with van der Waals surface area (Å²) in [5, 5.41) is 0. The number of hydrogen-bond acceptors (Lipinski definition) is 3. The zero-order valence-corrected chi connectivity index (χ0v) is 13.2. The van der Waals surface area contributed by atoms with E-state index in [1.165, 1.54) is 0 Å². The number of methoxy groups -OCH3 is 1. The maximum Gasteiger partial charge on any atom is 0.227 e. The summed E-state index contributed by atoms with van der Waals surface area (Å²) in [5.41, 5.74) is 0. The van der Waals surface area contributed by atoms with E-state index in [4.69, 9.17) is 4.74 Å². The SMILES string of the molecule is CCCN(CCC)C(=O)[C@H]1CC(=O)N([C@@H](C)COC)C1. The average molecular weight is 284 g/mol. The molecule has 5 nitrogen and oxygen atoms in total. The summed E-state index contributed by atoms with van der Waals surface area (Å²) in [6.45, 7) is 8.72. The number of ether oxygens (including phenoxy) is 1. The van der Waals surface area contributed by atoms with Gasteiger partial charge in [-0.1, -0.05) is 13.8 Å². The molecule has 0 aromatic rings. The van der Waals surface area contributed by atoms with Gasteiger partial charge in [0.2, 0.25) is 11.8 Å². The van der Waals surface area contributed by atoms with Crippen LogP contribution in [0.5, 0.6) is 0 Å². The van der Waals surface area contributed by atoms with E-state index in [-0.39, 0.29) is 23.8 Å². The first-order chi connectivity index (χ1) is 9.54. The van der Waals surface area contributed by atoms with E-state index in [1.54, 1.807) is 12.0 Å². The second-order valence-corrected chi connectivity index (χ2v) is 5.58.